The number of ether oxygens (including phenoxy) is 2. The maximum absolute atomic E-state index is 5.41. The van der Waals surface area contributed by atoms with Crippen LogP contribution in [-0.4, -0.2) is 14.2 Å². The van der Waals surface area contributed by atoms with Crippen LogP contribution in [0.3, 0.4) is 0 Å². The van der Waals surface area contributed by atoms with E-state index in [1.807, 2.05) is 24.3 Å². The molecular weight excluding hydrogens is 444 g/mol. The molecule has 0 aliphatic carbocycles. The van der Waals surface area contributed by atoms with Crippen molar-refractivity contribution in [3.8, 4) is 22.8 Å². The Morgan fingerprint density at radius 1 is 0.722 bits per heavy atom. The highest BCUT2D eigenvalue weighted by Gasteiger charge is 2.46. The molecule has 0 amide bonds. The van der Waals surface area contributed by atoms with Crippen molar-refractivity contribution >= 4 is 22.6 Å². The summed E-state index contributed by atoms with van der Waals surface area (Å²) in [4.78, 5) is 2.26. The van der Waals surface area contributed by atoms with Crippen LogP contribution in [-0.2, 0) is 5.54 Å². The van der Waals surface area contributed by atoms with Gasteiger partial charge in [-0.05, 0) is 72.3 Å². The number of pyridine rings is 1. The summed E-state index contributed by atoms with van der Waals surface area (Å²) < 4.78 is 13.2. The Kier molecular flexibility index (Phi) is 6.27. The molecular formula is C32H33N2O2+. The predicted molar refractivity (Wildman–Crippen MR) is 147 cm³/mol. The van der Waals surface area contributed by atoms with Crippen molar-refractivity contribution in [1.82, 2.24) is 0 Å². The normalized spacial score (nSPS) is 13.5. The summed E-state index contributed by atoms with van der Waals surface area (Å²) in [5, 5.41) is 0. The second-order valence-corrected chi connectivity index (χ2v) is 9.13. The highest BCUT2D eigenvalue weighted by molar-refractivity contribution is 5.87. The Morgan fingerprint density at radius 3 is 1.81 bits per heavy atom. The fourth-order valence-corrected chi connectivity index (χ4v) is 5.51. The standard InChI is InChI=1S/C32H33N2O2/c1-6-32(7-2)23(3)29-20-15-26(22-30(29)31-10-8-9-21-33(31)32)34(24-11-16-27(35-4)17-12-24)25-13-18-28(36-5)19-14-25/h8-22H,3,6-7H2,1-2,4-5H3/q+1. The first kappa shape index (κ1) is 23.7. The SMILES string of the molecule is C=C1c2ccc(N(c3ccc(OC)cc3)c3ccc(OC)cc3)cc2-c2cccc[n+]2C1(CC)CC. The number of anilines is 3. The quantitative estimate of drug-likeness (QED) is 0.255. The fraction of sp³-hybridized carbons (Fsp3) is 0.219. The number of hydrogen-bond acceptors (Lipinski definition) is 3. The van der Waals surface area contributed by atoms with Crippen LogP contribution in [0.1, 0.15) is 32.3 Å². The van der Waals surface area contributed by atoms with E-state index < -0.39 is 0 Å². The number of benzene rings is 3. The third-order valence-corrected chi connectivity index (χ3v) is 7.58. The molecule has 0 radical (unpaired) electrons. The molecule has 0 saturated heterocycles. The maximum atomic E-state index is 5.41. The van der Waals surface area contributed by atoms with E-state index in [1.165, 1.54) is 22.4 Å². The van der Waals surface area contributed by atoms with Crippen LogP contribution in [0.5, 0.6) is 11.5 Å². The van der Waals surface area contributed by atoms with Crippen LogP contribution in [0.15, 0.2) is 97.7 Å². The van der Waals surface area contributed by atoms with Crippen LogP contribution in [0.25, 0.3) is 16.8 Å². The van der Waals surface area contributed by atoms with Crippen LogP contribution >= 0.6 is 0 Å². The molecule has 0 spiro atoms. The van der Waals surface area contributed by atoms with E-state index in [0.29, 0.717) is 0 Å². The van der Waals surface area contributed by atoms with Crippen LogP contribution < -0.4 is 18.9 Å². The van der Waals surface area contributed by atoms with Crippen LogP contribution in [0.2, 0.25) is 0 Å². The minimum Gasteiger partial charge on any atom is -0.497 e. The number of methoxy groups -OCH3 is 2. The Balaban J connectivity index is 1.70. The van der Waals surface area contributed by atoms with E-state index in [0.717, 1.165) is 41.4 Å². The lowest BCUT2D eigenvalue weighted by Crippen LogP contribution is -2.59. The Bertz CT molecular complexity index is 1340. The molecule has 3 aromatic carbocycles. The zero-order valence-electron chi connectivity index (χ0n) is 21.5. The van der Waals surface area contributed by atoms with E-state index in [9.17, 15) is 0 Å². The molecule has 4 aromatic rings. The van der Waals surface area contributed by atoms with Gasteiger partial charge in [-0.1, -0.05) is 26.5 Å². The lowest BCUT2D eigenvalue weighted by Gasteiger charge is -2.35. The van der Waals surface area contributed by atoms with E-state index in [-0.39, 0.29) is 5.54 Å². The first-order valence-corrected chi connectivity index (χ1v) is 12.5. The average molecular weight is 478 g/mol. The number of nitrogens with zero attached hydrogens (tertiary/aromatic N) is 2. The van der Waals surface area contributed by atoms with Gasteiger partial charge in [0.2, 0.25) is 5.69 Å². The van der Waals surface area contributed by atoms with Crippen molar-refractivity contribution in [3.05, 3.63) is 103 Å². The lowest BCUT2D eigenvalue weighted by molar-refractivity contribution is -0.741. The molecule has 0 saturated carbocycles. The van der Waals surface area contributed by atoms with Gasteiger partial charge in [-0.15, -0.1) is 0 Å². The molecule has 36 heavy (non-hydrogen) atoms. The summed E-state index contributed by atoms with van der Waals surface area (Å²) in [5.74, 6) is 1.66. The highest BCUT2D eigenvalue weighted by Crippen LogP contribution is 2.46. The molecule has 0 N–H and O–H groups in total. The van der Waals surface area contributed by atoms with Gasteiger partial charge >= 0.3 is 0 Å². The molecule has 4 heteroatoms. The third kappa shape index (κ3) is 3.74. The lowest BCUT2D eigenvalue weighted by atomic mass is 9.75. The van der Waals surface area contributed by atoms with Crippen molar-refractivity contribution < 1.29 is 14.0 Å². The first-order valence-electron chi connectivity index (χ1n) is 12.5. The average Bonchev–Trinajstić information content (AvgIpc) is 2.95. The number of rotatable bonds is 7. The van der Waals surface area contributed by atoms with Crippen molar-refractivity contribution in [2.75, 3.05) is 19.1 Å². The van der Waals surface area contributed by atoms with E-state index in [2.05, 4.69) is 96.8 Å². The van der Waals surface area contributed by atoms with Crippen molar-refractivity contribution in [2.24, 2.45) is 0 Å². The van der Waals surface area contributed by atoms with Crippen molar-refractivity contribution in [1.29, 1.82) is 0 Å². The minimum atomic E-state index is -0.114. The topological polar surface area (TPSA) is 25.6 Å². The first-order chi connectivity index (χ1) is 17.6. The van der Waals surface area contributed by atoms with Gasteiger partial charge in [-0.25, -0.2) is 0 Å². The summed E-state index contributed by atoms with van der Waals surface area (Å²) in [7, 11) is 3.38. The molecule has 1 aromatic heterocycles. The van der Waals surface area contributed by atoms with Gasteiger partial charge in [0.1, 0.15) is 11.5 Å². The zero-order valence-corrected chi connectivity index (χ0v) is 21.5. The van der Waals surface area contributed by atoms with Crippen LogP contribution in [0.4, 0.5) is 17.1 Å². The van der Waals surface area contributed by atoms with Gasteiger partial charge in [0.15, 0.2) is 11.7 Å². The fourth-order valence-electron chi connectivity index (χ4n) is 5.51. The van der Waals surface area contributed by atoms with Gasteiger partial charge in [0.25, 0.3) is 0 Å². The Hall–Kier alpha value is -4.05. The molecule has 182 valence electrons. The summed E-state index contributed by atoms with van der Waals surface area (Å²) in [6, 6.07) is 29.5. The summed E-state index contributed by atoms with van der Waals surface area (Å²) >= 11 is 0. The predicted octanol–water partition coefficient (Wildman–Crippen LogP) is 7.67. The van der Waals surface area contributed by atoms with Gasteiger partial charge in [0, 0.05) is 47.6 Å². The maximum Gasteiger partial charge on any atom is 0.213 e. The monoisotopic (exact) mass is 477 g/mol. The van der Waals surface area contributed by atoms with Gasteiger partial charge in [-0.3, -0.25) is 0 Å². The van der Waals surface area contributed by atoms with Crippen molar-refractivity contribution in [3.63, 3.8) is 0 Å². The molecule has 5 rings (SSSR count). The van der Waals surface area contributed by atoms with Crippen molar-refractivity contribution in [2.45, 2.75) is 32.2 Å². The second-order valence-electron chi connectivity index (χ2n) is 9.13. The number of fused-ring (bicyclic) bond motifs is 3. The Morgan fingerprint density at radius 2 is 1.28 bits per heavy atom. The molecule has 2 heterocycles. The van der Waals surface area contributed by atoms with Gasteiger partial charge in [-0.2, -0.15) is 4.57 Å². The third-order valence-electron chi connectivity index (χ3n) is 7.58. The summed E-state index contributed by atoms with van der Waals surface area (Å²) in [5.41, 5.74) is 7.87. The van der Waals surface area contributed by atoms with E-state index >= 15 is 0 Å². The molecule has 1 aliphatic heterocycles. The summed E-state index contributed by atoms with van der Waals surface area (Å²) in [6.45, 7) is 9.13. The van der Waals surface area contributed by atoms with Gasteiger partial charge < -0.3 is 14.4 Å². The van der Waals surface area contributed by atoms with E-state index in [4.69, 9.17) is 9.47 Å². The molecule has 1 aliphatic rings. The minimum absolute atomic E-state index is 0.114. The molecule has 0 unspecified atom stereocenters. The van der Waals surface area contributed by atoms with Crippen LogP contribution in [0, 0.1) is 0 Å². The number of hydrogen-bond donors (Lipinski definition) is 0. The number of aromatic nitrogens is 1. The number of allylic oxidation sites excluding steroid dienone is 1. The second kappa shape index (κ2) is 9.54. The molecule has 0 bridgehead atoms. The Labute approximate surface area is 214 Å². The smallest absolute Gasteiger partial charge is 0.213 e. The summed E-state index contributed by atoms with van der Waals surface area (Å²) in [6.07, 6.45) is 4.19. The molecule has 0 atom stereocenters. The van der Waals surface area contributed by atoms with E-state index in [1.54, 1.807) is 14.2 Å². The molecule has 0 fully saturated rings. The molecule has 4 nitrogen and oxygen atoms in total. The zero-order chi connectivity index (χ0) is 25.3. The largest absolute Gasteiger partial charge is 0.497 e. The van der Waals surface area contributed by atoms with Gasteiger partial charge in [0.05, 0.1) is 19.8 Å². The highest BCUT2D eigenvalue weighted by atomic mass is 16.5.